The Morgan fingerprint density at radius 1 is 1.17 bits per heavy atom. The van der Waals surface area contributed by atoms with Crippen LogP contribution in [-0.2, 0) is 12.0 Å². The molecule has 3 aliphatic heterocycles. The highest BCUT2D eigenvalue weighted by atomic mass is 32.1. The van der Waals surface area contributed by atoms with Crippen molar-refractivity contribution in [2.75, 3.05) is 36.4 Å². The molecule has 2 amide bonds. The Kier molecular flexibility index (Phi) is 4.91. The molecule has 2 N–H and O–H groups in total. The van der Waals surface area contributed by atoms with Gasteiger partial charge in [-0.25, -0.2) is 9.78 Å². The predicted molar refractivity (Wildman–Crippen MR) is 116 cm³/mol. The van der Waals surface area contributed by atoms with E-state index in [1.54, 1.807) is 0 Å². The van der Waals surface area contributed by atoms with Gasteiger partial charge in [0.2, 0.25) is 5.13 Å². The first-order chi connectivity index (χ1) is 14.2. The highest BCUT2D eigenvalue weighted by molar-refractivity contribution is 7.09. The number of piperidine rings is 2. The molecule has 0 aliphatic carbocycles. The van der Waals surface area contributed by atoms with Gasteiger partial charge in [0.1, 0.15) is 5.82 Å². The van der Waals surface area contributed by atoms with Crippen molar-refractivity contribution in [2.24, 2.45) is 0 Å². The van der Waals surface area contributed by atoms with Crippen molar-refractivity contribution in [3.63, 3.8) is 0 Å². The van der Waals surface area contributed by atoms with Gasteiger partial charge in [-0.15, -0.1) is 0 Å². The van der Waals surface area contributed by atoms with Crippen LogP contribution in [0.25, 0.3) is 0 Å². The second-order valence-electron chi connectivity index (χ2n) is 8.31. The summed E-state index contributed by atoms with van der Waals surface area (Å²) in [6, 6.07) is 8.77. The number of carbonyl (C=O) groups is 1. The summed E-state index contributed by atoms with van der Waals surface area (Å²) in [5, 5.41) is 7.28. The van der Waals surface area contributed by atoms with Crippen LogP contribution in [0.15, 0.2) is 24.3 Å². The first-order valence-electron chi connectivity index (χ1n) is 10.7. The zero-order valence-electron chi connectivity index (χ0n) is 16.9. The molecule has 0 saturated carbocycles. The van der Waals surface area contributed by atoms with Crippen molar-refractivity contribution in [2.45, 2.75) is 50.6 Å². The molecule has 0 bridgehead atoms. The molecule has 2 fully saturated rings. The monoisotopic (exact) mass is 412 g/mol. The number of para-hydroxylation sites is 1. The van der Waals surface area contributed by atoms with Crippen LogP contribution < -0.4 is 15.5 Å². The summed E-state index contributed by atoms with van der Waals surface area (Å²) >= 11 is 1.53. The van der Waals surface area contributed by atoms with E-state index in [1.807, 2.05) is 12.1 Å². The number of carbonyl (C=O) groups excluding carboxylic acids is 1. The first-order valence-corrected chi connectivity index (χ1v) is 11.4. The van der Waals surface area contributed by atoms with Gasteiger partial charge in [0.15, 0.2) is 0 Å². The predicted octanol–water partition coefficient (Wildman–Crippen LogP) is 3.20. The maximum Gasteiger partial charge on any atom is 0.319 e. The number of rotatable bonds is 3. The molecule has 29 heavy (non-hydrogen) atoms. The smallest absolute Gasteiger partial charge is 0.319 e. The lowest BCUT2D eigenvalue weighted by atomic mass is 9.78. The maximum absolute atomic E-state index is 12.2. The third-order valence-electron chi connectivity index (χ3n) is 6.72. The molecule has 3 aliphatic rings. The Morgan fingerprint density at radius 2 is 1.93 bits per heavy atom. The molecule has 1 aromatic carbocycles. The van der Waals surface area contributed by atoms with Crippen LogP contribution in [0.2, 0.25) is 0 Å². The van der Waals surface area contributed by atoms with E-state index in [-0.39, 0.29) is 11.6 Å². The molecule has 8 heteroatoms. The van der Waals surface area contributed by atoms with Gasteiger partial charge in [-0.3, -0.25) is 0 Å². The summed E-state index contributed by atoms with van der Waals surface area (Å²) in [5.74, 6) is 0.956. The Morgan fingerprint density at radius 3 is 2.66 bits per heavy atom. The first kappa shape index (κ1) is 18.8. The average molecular weight is 413 g/mol. The summed E-state index contributed by atoms with van der Waals surface area (Å²) in [6.45, 7) is 6.25. The number of aryl methyl sites for hydroxylation is 1. The fourth-order valence-electron chi connectivity index (χ4n) is 5.05. The van der Waals surface area contributed by atoms with E-state index in [0.29, 0.717) is 6.04 Å². The van der Waals surface area contributed by atoms with Crippen molar-refractivity contribution >= 4 is 28.4 Å². The molecular formula is C21H28N6OS. The zero-order chi connectivity index (χ0) is 19.8. The molecule has 2 aromatic rings. The van der Waals surface area contributed by atoms with Crippen molar-refractivity contribution < 1.29 is 4.79 Å². The van der Waals surface area contributed by atoms with Crippen LogP contribution in [0.4, 0.5) is 15.6 Å². The minimum absolute atomic E-state index is 0.0750. The Balaban J connectivity index is 1.21. The lowest BCUT2D eigenvalue weighted by Gasteiger charge is -2.48. The number of fused-ring (bicyclic) bond motifs is 2. The third-order valence-corrected chi connectivity index (χ3v) is 7.54. The molecule has 5 rings (SSSR count). The lowest BCUT2D eigenvalue weighted by Crippen LogP contribution is -2.58. The van der Waals surface area contributed by atoms with Gasteiger partial charge >= 0.3 is 6.03 Å². The van der Waals surface area contributed by atoms with E-state index in [1.165, 1.54) is 29.9 Å². The molecule has 2 saturated heterocycles. The normalized spacial score (nSPS) is 22.2. The molecule has 0 unspecified atom stereocenters. The molecule has 7 nitrogen and oxygen atoms in total. The number of hydrogen-bond acceptors (Lipinski definition) is 6. The van der Waals surface area contributed by atoms with Gasteiger partial charge in [-0.1, -0.05) is 25.1 Å². The number of amides is 2. The van der Waals surface area contributed by atoms with Crippen molar-refractivity contribution in [3.05, 3.63) is 35.7 Å². The molecule has 1 aromatic heterocycles. The molecule has 0 atom stereocenters. The van der Waals surface area contributed by atoms with Crippen LogP contribution in [0, 0.1) is 0 Å². The van der Waals surface area contributed by atoms with Gasteiger partial charge in [0, 0.05) is 61.4 Å². The topological polar surface area (TPSA) is 73.4 Å². The summed E-state index contributed by atoms with van der Waals surface area (Å²) < 4.78 is 4.43. The van der Waals surface area contributed by atoms with E-state index in [2.05, 4.69) is 48.8 Å². The summed E-state index contributed by atoms with van der Waals surface area (Å²) in [7, 11) is 0. The van der Waals surface area contributed by atoms with Crippen LogP contribution >= 0.6 is 11.5 Å². The number of anilines is 2. The van der Waals surface area contributed by atoms with E-state index in [9.17, 15) is 4.79 Å². The minimum Gasteiger partial charge on any atom is -0.347 e. The summed E-state index contributed by atoms with van der Waals surface area (Å²) in [5.41, 5.74) is 1.97. The zero-order valence-corrected chi connectivity index (χ0v) is 17.7. The average Bonchev–Trinajstić information content (AvgIpc) is 3.24. The molecule has 4 heterocycles. The molecule has 1 spiro atoms. The minimum atomic E-state index is -0.223. The maximum atomic E-state index is 12.2. The van der Waals surface area contributed by atoms with E-state index in [4.69, 9.17) is 0 Å². The van der Waals surface area contributed by atoms with Gasteiger partial charge in [-0.05, 0) is 31.7 Å². The van der Waals surface area contributed by atoms with Crippen molar-refractivity contribution in [3.8, 4) is 0 Å². The Labute approximate surface area is 175 Å². The number of urea groups is 1. The van der Waals surface area contributed by atoms with Crippen LogP contribution in [0.3, 0.4) is 0 Å². The van der Waals surface area contributed by atoms with Gasteiger partial charge in [0.25, 0.3) is 0 Å². The van der Waals surface area contributed by atoms with E-state index < -0.39 is 0 Å². The number of likely N-dealkylation sites (tertiary alicyclic amines) is 1. The standard InChI is InChI=1S/C21H28N6OS/c1-2-18-23-20(29-25-18)27-11-7-15(8-12-27)26-13-9-21(10-14-26)16-5-3-4-6-17(16)22-19(28)24-21/h3-6,15H,2,7-14H2,1H3,(H2,22,24,28). The number of aromatic nitrogens is 2. The summed E-state index contributed by atoms with van der Waals surface area (Å²) in [4.78, 5) is 21.9. The quantitative estimate of drug-likeness (QED) is 0.810. The highest BCUT2D eigenvalue weighted by Crippen LogP contribution is 2.40. The third kappa shape index (κ3) is 3.48. The van der Waals surface area contributed by atoms with Crippen molar-refractivity contribution in [1.82, 2.24) is 19.6 Å². The molecule has 154 valence electrons. The van der Waals surface area contributed by atoms with Crippen LogP contribution in [0.5, 0.6) is 0 Å². The number of nitrogens with one attached hydrogen (secondary N) is 2. The Bertz CT molecular complexity index is 883. The SMILES string of the molecule is CCc1nsc(N2CCC(N3CCC4(CC3)NC(=O)Nc3ccccc34)CC2)n1. The Hall–Kier alpha value is -2.19. The van der Waals surface area contributed by atoms with Crippen molar-refractivity contribution in [1.29, 1.82) is 0 Å². The van der Waals surface area contributed by atoms with Gasteiger partial charge in [0.05, 0.1) is 5.54 Å². The second kappa shape index (κ2) is 7.57. The van der Waals surface area contributed by atoms with Gasteiger partial charge < -0.3 is 20.4 Å². The second-order valence-corrected chi connectivity index (χ2v) is 9.04. The van der Waals surface area contributed by atoms with Gasteiger partial charge in [-0.2, -0.15) is 4.37 Å². The van der Waals surface area contributed by atoms with Crippen LogP contribution in [0.1, 0.15) is 44.0 Å². The lowest BCUT2D eigenvalue weighted by molar-refractivity contribution is 0.0888. The number of hydrogen-bond donors (Lipinski definition) is 2. The number of benzene rings is 1. The number of nitrogens with zero attached hydrogens (tertiary/aromatic N) is 4. The fourth-order valence-corrected chi connectivity index (χ4v) is 5.85. The largest absolute Gasteiger partial charge is 0.347 e. The fraction of sp³-hybridized carbons (Fsp3) is 0.571. The highest BCUT2D eigenvalue weighted by Gasteiger charge is 2.43. The van der Waals surface area contributed by atoms with Crippen LogP contribution in [-0.4, -0.2) is 52.5 Å². The summed E-state index contributed by atoms with van der Waals surface area (Å²) in [6.07, 6.45) is 5.16. The van der Waals surface area contributed by atoms with E-state index >= 15 is 0 Å². The molecule has 0 radical (unpaired) electrons. The van der Waals surface area contributed by atoms with E-state index in [0.717, 1.165) is 62.1 Å². The molecular weight excluding hydrogens is 384 g/mol.